The molecule has 21 heavy (non-hydrogen) atoms. The smallest absolute Gasteiger partial charge is 0.320 e. The molecule has 0 aliphatic heterocycles. The van der Waals surface area contributed by atoms with Crippen LogP contribution in [0.4, 0.5) is 0 Å². The van der Waals surface area contributed by atoms with Gasteiger partial charge in [0.25, 0.3) is 0 Å². The monoisotopic (exact) mass is 294 g/mol. The average Bonchev–Trinajstić information content (AvgIpc) is 2.61. The van der Waals surface area contributed by atoms with Crippen LogP contribution >= 0.6 is 0 Å². The van der Waals surface area contributed by atoms with Gasteiger partial charge in [0.15, 0.2) is 5.78 Å². The normalized spacial score (nSPS) is 34.4. The molecule has 5 nitrogen and oxygen atoms in total. The molecule has 2 bridgehead atoms. The van der Waals surface area contributed by atoms with E-state index in [1.165, 1.54) is 0 Å². The fraction of sp³-hybridized carbons (Fsp3) is 0.688. The first-order chi connectivity index (χ1) is 9.99. The van der Waals surface area contributed by atoms with Crippen molar-refractivity contribution in [2.75, 3.05) is 13.2 Å². The number of carbonyl (C=O) groups excluding carboxylic acids is 3. The van der Waals surface area contributed by atoms with Gasteiger partial charge in [0.1, 0.15) is 10.8 Å². The van der Waals surface area contributed by atoms with Crippen LogP contribution in [0.3, 0.4) is 0 Å². The summed E-state index contributed by atoms with van der Waals surface area (Å²) in [5.74, 6) is -1.72. The second kappa shape index (κ2) is 5.62. The van der Waals surface area contributed by atoms with E-state index >= 15 is 0 Å². The third kappa shape index (κ3) is 2.01. The highest BCUT2D eigenvalue weighted by Crippen LogP contribution is 2.60. The maximum Gasteiger partial charge on any atom is 0.320 e. The highest BCUT2D eigenvalue weighted by Gasteiger charge is 2.70. The summed E-state index contributed by atoms with van der Waals surface area (Å²) in [6.07, 6.45) is 3.40. The molecule has 0 radical (unpaired) electrons. The molecule has 0 aromatic carbocycles. The molecule has 2 aliphatic rings. The van der Waals surface area contributed by atoms with Crippen molar-refractivity contribution in [3.63, 3.8) is 0 Å². The van der Waals surface area contributed by atoms with Crippen LogP contribution in [0.25, 0.3) is 0 Å². The molecule has 0 saturated heterocycles. The summed E-state index contributed by atoms with van der Waals surface area (Å²) >= 11 is 0. The number of Topliss-reactive ketones (excluding diaryl/α,β-unsaturated/α-hetero) is 1. The maximum absolute atomic E-state index is 13.0. The second-order valence-corrected chi connectivity index (χ2v) is 5.72. The number of hydrogen-bond acceptors (Lipinski definition) is 5. The molecular weight excluding hydrogens is 272 g/mol. The Bertz CT molecular complexity index is 483. The van der Waals surface area contributed by atoms with Crippen LogP contribution < -0.4 is 0 Å². The van der Waals surface area contributed by atoms with E-state index in [2.05, 4.69) is 6.58 Å². The zero-order chi connectivity index (χ0) is 15.7. The van der Waals surface area contributed by atoms with Crippen molar-refractivity contribution in [3.05, 3.63) is 12.7 Å². The van der Waals surface area contributed by atoms with Gasteiger partial charge in [-0.2, -0.15) is 0 Å². The van der Waals surface area contributed by atoms with E-state index in [0.717, 1.165) is 0 Å². The molecule has 0 unspecified atom stereocenters. The predicted molar refractivity (Wildman–Crippen MR) is 75.3 cm³/mol. The van der Waals surface area contributed by atoms with Gasteiger partial charge in [0.05, 0.1) is 13.2 Å². The predicted octanol–water partition coefficient (Wildman–Crippen LogP) is 2.04. The zero-order valence-corrected chi connectivity index (χ0v) is 12.6. The van der Waals surface area contributed by atoms with E-state index in [9.17, 15) is 14.4 Å². The van der Waals surface area contributed by atoms with Crippen molar-refractivity contribution in [2.24, 2.45) is 16.7 Å². The lowest BCUT2D eigenvalue weighted by Gasteiger charge is -2.35. The van der Waals surface area contributed by atoms with Crippen molar-refractivity contribution in [2.45, 2.75) is 39.5 Å². The molecule has 2 rings (SSSR count). The highest BCUT2D eigenvalue weighted by molar-refractivity contribution is 6.17. The van der Waals surface area contributed by atoms with Crippen molar-refractivity contribution in [1.29, 1.82) is 0 Å². The number of ketones is 1. The molecule has 0 N–H and O–H groups in total. The Morgan fingerprint density at radius 1 is 1.24 bits per heavy atom. The fourth-order valence-corrected chi connectivity index (χ4v) is 3.86. The number of rotatable bonds is 5. The minimum absolute atomic E-state index is 0.212. The van der Waals surface area contributed by atoms with Crippen LogP contribution in [-0.4, -0.2) is 30.9 Å². The van der Waals surface area contributed by atoms with Gasteiger partial charge in [-0.15, -0.1) is 6.58 Å². The molecule has 0 heterocycles. The van der Waals surface area contributed by atoms with E-state index in [0.29, 0.717) is 25.7 Å². The highest BCUT2D eigenvalue weighted by atomic mass is 16.5. The van der Waals surface area contributed by atoms with Gasteiger partial charge in [-0.1, -0.05) is 12.5 Å². The first-order valence-corrected chi connectivity index (χ1v) is 7.51. The van der Waals surface area contributed by atoms with Gasteiger partial charge in [-0.25, -0.2) is 0 Å². The Morgan fingerprint density at radius 2 is 1.86 bits per heavy atom. The second-order valence-electron chi connectivity index (χ2n) is 5.72. The number of hydrogen-bond donors (Lipinski definition) is 0. The zero-order valence-electron chi connectivity index (χ0n) is 12.6. The minimum atomic E-state index is -1.25. The summed E-state index contributed by atoms with van der Waals surface area (Å²) in [5.41, 5.74) is -2.44. The number of fused-ring (bicyclic) bond motifs is 2. The van der Waals surface area contributed by atoms with Crippen LogP contribution in [-0.2, 0) is 23.9 Å². The van der Waals surface area contributed by atoms with Crippen LogP contribution in [0.15, 0.2) is 12.7 Å². The third-order valence-electron chi connectivity index (χ3n) is 4.81. The van der Waals surface area contributed by atoms with Crippen LogP contribution in [0, 0.1) is 16.7 Å². The quantitative estimate of drug-likeness (QED) is 0.441. The summed E-state index contributed by atoms with van der Waals surface area (Å²) in [6, 6.07) is 0. The van der Waals surface area contributed by atoms with Crippen LogP contribution in [0.2, 0.25) is 0 Å². The fourth-order valence-electron chi connectivity index (χ4n) is 3.86. The molecule has 3 atom stereocenters. The largest absolute Gasteiger partial charge is 0.465 e. The average molecular weight is 294 g/mol. The Balaban J connectivity index is 2.46. The number of ether oxygens (including phenoxy) is 2. The van der Waals surface area contributed by atoms with Gasteiger partial charge >= 0.3 is 11.9 Å². The van der Waals surface area contributed by atoms with Crippen molar-refractivity contribution in [1.82, 2.24) is 0 Å². The lowest BCUT2D eigenvalue weighted by atomic mass is 9.66. The number of esters is 2. The Morgan fingerprint density at radius 3 is 2.43 bits per heavy atom. The molecule has 5 heteroatoms. The van der Waals surface area contributed by atoms with Gasteiger partial charge in [0, 0.05) is 5.92 Å². The van der Waals surface area contributed by atoms with Gasteiger partial charge < -0.3 is 9.47 Å². The Labute approximate surface area is 124 Å². The van der Waals surface area contributed by atoms with Gasteiger partial charge in [-0.05, 0) is 33.1 Å². The molecular formula is C16H22O5. The third-order valence-corrected chi connectivity index (χ3v) is 4.81. The molecule has 0 amide bonds. The summed E-state index contributed by atoms with van der Waals surface area (Å²) in [5, 5.41) is 0. The lowest BCUT2D eigenvalue weighted by Crippen LogP contribution is -2.50. The van der Waals surface area contributed by atoms with Gasteiger partial charge in [-0.3, -0.25) is 14.4 Å². The number of allylic oxidation sites excluding steroid dienone is 1. The summed E-state index contributed by atoms with van der Waals surface area (Å²) in [4.78, 5) is 37.8. The molecule has 2 aliphatic carbocycles. The van der Waals surface area contributed by atoms with Crippen LogP contribution in [0.5, 0.6) is 0 Å². The molecule has 2 fully saturated rings. The SMILES string of the molecule is C=C[C@H]1C[C@]2(C(=O)OCC)CCC[C@]1(C(=O)OCC)C2=O. The summed E-state index contributed by atoms with van der Waals surface area (Å²) in [7, 11) is 0. The first kappa shape index (κ1) is 15.7. The van der Waals surface area contributed by atoms with Crippen molar-refractivity contribution in [3.8, 4) is 0 Å². The van der Waals surface area contributed by atoms with Crippen molar-refractivity contribution >= 4 is 17.7 Å². The van der Waals surface area contributed by atoms with E-state index in [1.807, 2.05) is 0 Å². The first-order valence-electron chi connectivity index (χ1n) is 7.51. The molecule has 0 aromatic heterocycles. The summed E-state index contributed by atoms with van der Waals surface area (Å²) < 4.78 is 10.2. The van der Waals surface area contributed by atoms with E-state index in [-0.39, 0.29) is 24.9 Å². The van der Waals surface area contributed by atoms with Crippen molar-refractivity contribution < 1.29 is 23.9 Å². The Hall–Kier alpha value is -1.65. The maximum atomic E-state index is 13.0. The van der Waals surface area contributed by atoms with Crippen LogP contribution in [0.1, 0.15) is 39.5 Å². The topological polar surface area (TPSA) is 69.7 Å². The Kier molecular flexibility index (Phi) is 4.21. The molecule has 0 spiro atoms. The van der Waals surface area contributed by atoms with Gasteiger partial charge in [0.2, 0.25) is 0 Å². The molecule has 2 saturated carbocycles. The van der Waals surface area contributed by atoms with E-state index < -0.39 is 22.8 Å². The minimum Gasteiger partial charge on any atom is -0.465 e. The summed E-state index contributed by atoms with van der Waals surface area (Å²) in [6.45, 7) is 7.60. The lowest BCUT2D eigenvalue weighted by molar-refractivity contribution is -0.169. The van der Waals surface area contributed by atoms with E-state index in [1.54, 1.807) is 19.9 Å². The standard InChI is InChI=1S/C16H22O5/c1-4-11-10-15(13(18)20-5-2)8-7-9-16(11,12(15)17)14(19)21-6-3/h4,11H,1,5-10H2,2-3H3/t11-,15+,16+/m0/s1. The molecule has 0 aromatic rings. The molecule has 116 valence electrons. The van der Waals surface area contributed by atoms with E-state index in [4.69, 9.17) is 9.47 Å². The number of carbonyl (C=O) groups is 3.